The van der Waals surface area contributed by atoms with E-state index in [1.54, 1.807) is 24.5 Å². The van der Waals surface area contributed by atoms with Crippen LogP contribution in [0.25, 0.3) is 77.7 Å². The van der Waals surface area contributed by atoms with Crippen molar-refractivity contribution in [3.63, 3.8) is 0 Å². The molecular weight excluding hydrogens is 1270 g/mol. The standard InChI is InChI=1S/C64H48N6O2.2Pt/c1-63(2,3)45-33-47(67-41-69(61-25-13-11-23-59(61)67)57-27-15-19-43-17-7-9-21-53(43)57)37-51(35-45)71-49-29-31-65-55(39-49)56-40-50(30-32-66-56)72-52-36-46(64(4,5)6)34-48(38-52)68-42-70(62-26-14-12-24-60(62)68)58-28-16-20-44-18-8-10-22-54(44)58;;/h7-36H,1-6H3;;/q-4;;. The van der Waals surface area contributed by atoms with Gasteiger partial charge in [0.25, 0.3) is 12.7 Å². The van der Waals surface area contributed by atoms with Gasteiger partial charge in [0.1, 0.15) is 0 Å². The van der Waals surface area contributed by atoms with Crippen LogP contribution < -0.4 is 18.6 Å². The summed E-state index contributed by atoms with van der Waals surface area (Å²) in [6.45, 7) is 13.2. The van der Waals surface area contributed by atoms with Crippen LogP contribution in [0, 0.1) is 36.9 Å². The third kappa shape index (κ3) is 9.61. The van der Waals surface area contributed by atoms with E-state index in [9.17, 15) is 0 Å². The van der Waals surface area contributed by atoms with Crippen LogP contribution in [0.4, 0.5) is 0 Å². The second-order valence-corrected chi connectivity index (χ2v) is 20.0. The van der Waals surface area contributed by atoms with E-state index in [-0.39, 0.29) is 53.0 Å². The number of nitrogens with zero attached hydrogens (tertiary/aromatic N) is 6. The second kappa shape index (κ2) is 20.1. The van der Waals surface area contributed by atoms with Gasteiger partial charge in [0.2, 0.25) is 0 Å². The van der Waals surface area contributed by atoms with Crippen molar-refractivity contribution < 1.29 is 60.7 Å². The van der Waals surface area contributed by atoms with Crippen molar-refractivity contribution in [2.45, 2.75) is 52.4 Å². The summed E-state index contributed by atoms with van der Waals surface area (Å²) in [5.74, 6) is 1.97. The number of para-hydroxylation sites is 4. The van der Waals surface area contributed by atoms with Gasteiger partial charge in [-0.1, -0.05) is 163 Å². The van der Waals surface area contributed by atoms with Gasteiger partial charge in [-0.2, -0.15) is 35.4 Å². The van der Waals surface area contributed by atoms with Gasteiger partial charge in [0.15, 0.2) is 0 Å². The Kier molecular flexibility index (Phi) is 13.6. The molecule has 0 saturated carbocycles. The fourth-order valence-corrected chi connectivity index (χ4v) is 9.25. The van der Waals surface area contributed by atoms with E-state index < -0.39 is 0 Å². The topological polar surface area (TPSA) is 61.9 Å². The molecule has 0 amide bonds. The normalized spacial score (nSPS) is 11.7. The van der Waals surface area contributed by atoms with Crippen LogP contribution >= 0.6 is 0 Å². The van der Waals surface area contributed by atoms with Gasteiger partial charge in [-0.25, -0.2) is 0 Å². The van der Waals surface area contributed by atoms with Crippen LogP contribution in [0.1, 0.15) is 52.7 Å². The first-order valence-corrected chi connectivity index (χ1v) is 24.1. The third-order valence-corrected chi connectivity index (χ3v) is 13.0. The molecule has 0 unspecified atom stereocenters. The molecule has 4 heterocycles. The van der Waals surface area contributed by atoms with E-state index in [4.69, 9.17) is 9.47 Å². The maximum atomic E-state index is 6.64. The molecule has 0 radical (unpaired) electrons. The van der Waals surface area contributed by atoms with Gasteiger partial charge in [-0.05, 0) is 68.3 Å². The largest absolute Gasteiger partial charge is 0.511 e. The first kappa shape index (κ1) is 50.0. The molecule has 8 nitrogen and oxygen atoms in total. The summed E-state index contributed by atoms with van der Waals surface area (Å²) < 4.78 is 21.7. The van der Waals surface area contributed by atoms with E-state index in [0.717, 1.165) is 77.5 Å². The molecule has 12 aromatic rings. The average Bonchev–Trinajstić information content (AvgIpc) is 3.97. The van der Waals surface area contributed by atoms with Gasteiger partial charge < -0.3 is 28.6 Å². The monoisotopic (exact) mass is 1320 g/mol. The van der Waals surface area contributed by atoms with E-state index in [1.807, 2.05) is 24.3 Å². The number of pyridine rings is 2. The molecule has 0 aliphatic carbocycles. The Balaban J connectivity index is 0.00000313. The molecule has 0 atom stereocenters. The van der Waals surface area contributed by atoms with Crippen LogP contribution in [0.15, 0.2) is 182 Å². The minimum atomic E-state index is -0.207. The predicted molar refractivity (Wildman–Crippen MR) is 283 cm³/mol. The number of aromatic nitrogens is 6. The maximum absolute atomic E-state index is 6.64. The van der Waals surface area contributed by atoms with Crippen molar-refractivity contribution in [3.8, 4) is 57.1 Å². The molecule has 0 N–H and O–H groups in total. The average molecular weight is 1320 g/mol. The smallest absolute Gasteiger partial charge is 0.268 e. The van der Waals surface area contributed by atoms with E-state index in [0.29, 0.717) is 34.4 Å². The van der Waals surface area contributed by atoms with Crippen molar-refractivity contribution in [2.24, 2.45) is 0 Å². The molecule has 8 aromatic carbocycles. The molecule has 12 rings (SSSR count). The fraction of sp³-hybridized carbons (Fsp3) is 0.125. The Morgan fingerprint density at radius 3 is 1.24 bits per heavy atom. The Bertz CT molecular complexity index is 3780. The van der Waals surface area contributed by atoms with Gasteiger partial charge >= 0.3 is 0 Å². The number of benzene rings is 8. The van der Waals surface area contributed by atoms with Crippen LogP contribution in [0.5, 0.6) is 23.0 Å². The fourth-order valence-electron chi connectivity index (χ4n) is 9.25. The first-order chi connectivity index (χ1) is 34.9. The Labute approximate surface area is 460 Å². The van der Waals surface area contributed by atoms with Gasteiger partial charge in [0, 0.05) is 65.1 Å². The van der Waals surface area contributed by atoms with E-state index in [1.165, 1.54) is 0 Å². The van der Waals surface area contributed by atoms with Crippen LogP contribution in [0.3, 0.4) is 0 Å². The molecule has 0 bridgehead atoms. The molecule has 370 valence electrons. The van der Waals surface area contributed by atoms with Crippen LogP contribution in [0.2, 0.25) is 0 Å². The van der Waals surface area contributed by atoms with Crippen molar-refractivity contribution in [2.75, 3.05) is 0 Å². The van der Waals surface area contributed by atoms with E-state index >= 15 is 0 Å². The van der Waals surface area contributed by atoms with Crippen molar-refractivity contribution >= 4 is 43.6 Å². The summed E-state index contributed by atoms with van der Waals surface area (Å²) in [7, 11) is 0. The zero-order valence-corrected chi connectivity index (χ0v) is 46.0. The first-order valence-electron chi connectivity index (χ1n) is 24.1. The summed E-state index contributed by atoms with van der Waals surface area (Å²) in [5, 5.41) is 4.61. The summed E-state index contributed by atoms with van der Waals surface area (Å²) in [6, 6.07) is 72.1. The number of imidazole rings is 2. The van der Waals surface area contributed by atoms with Gasteiger partial charge in [0.05, 0.1) is 33.4 Å². The molecule has 0 aliphatic heterocycles. The molecular formula is C64H48N6O2Pt2-4. The summed E-state index contributed by atoms with van der Waals surface area (Å²) >= 11 is 0. The Hall–Kier alpha value is -7.50. The SMILES string of the molecule is CC(C)(C)c1cc(Oc2[c-]c(-c3[c-]c(Oc4[c-]c(-[n+]5[c-]n(-c6cccc7ccccc67)c6ccccc65)cc(C(C)(C)C)c4)ccn3)ncc2)[c-]c(-[n+]2[c-]n(-c3cccc4ccccc34)c3ccccc32)c1.[Pt].[Pt]. The van der Waals surface area contributed by atoms with E-state index in [2.05, 4.69) is 240 Å². The minimum Gasteiger partial charge on any atom is -0.511 e. The number of rotatable bonds is 9. The third-order valence-electron chi connectivity index (χ3n) is 13.0. The maximum Gasteiger partial charge on any atom is 0.268 e. The summed E-state index contributed by atoms with van der Waals surface area (Å²) in [5.41, 5.74) is 10.3. The molecule has 0 spiro atoms. The minimum absolute atomic E-state index is 0. The molecule has 10 heteroatoms. The quantitative estimate of drug-likeness (QED) is 0.107. The molecule has 0 fully saturated rings. The molecule has 74 heavy (non-hydrogen) atoms. The van der Waals surface area contributed by atoms with Gasteiger partial charge in [-0.15, -0.1) is 47.8 Å². The zero-order chi connectivity index (χ0) is 49.1. The number of fused-ring (bicyclic) bond motifs is 4. The number of ether oxygens (including phenoxy) is 2. The van der Waals surface area contributed by atoms with Crippen molar-refractivity contribution in [1.29, 1.82) is 0 Å². The molecule has 4 aromatic heterocycles. The Morgan fingerprint density at radius 1 is 0.419 bits per heavy atom. The summed E-state index contributed by atoms with van der Waals surface area (Å²) in [6.07, 6.45) is 10.7. The Morgan fingerprint density at radius 2 is 0.811 bits per heavy atom. The second-order valence-electron chi connectivity index (χ2n) is 20.0. The predicted octanol–water partition coefficient (Wildman–Crippen LogP) is 13.9. The molecule has 0 aliphatic rings. The summed E-state index contributed by atoms with van der Waals surface area (Å²) in [4.78, 5) is 9.32. The van der Waals surface area contributed by atoms with Gasteiger partial charge in [-0.3, -0.25) is 9.13 Å². The van der Waals surface area contributed by atoms with Crippen molar-refractivity contribution in [3.05, 3.63) is 230 Å². The molecule has 0 saturated heterocycles. The number of hydrogen-bond acceptors (Lipinski definition) is 4. The zero-order valence-electron chi connectivity index (χ0n) is 41.5. The van der Waals surface area contributed by atoms with Crippen molar-refractivity contribution in [1.82, 2.24) is 19.1 Å². The number of hydrogen-bond donors (Lipinski definition) is 0. The van der Waals surface area contributed by atoms with Crippen LogP contribution in [-0.2, 0) is 53.0 Å². The van der Waals surface area contributed by atoms with Crippen LogP contribution in [-0.4, -0.2) is 19.1 Å².